The average molecular weight is 257 g/mol. The molecule has 1 rings (SSSR count). The quantitative estimate of drug-likeness (QED) is 0.702. The standard InChI is InChI=1S/C15H31NO2/c1-6-15(5)13(9-14(15)18-7-2)16-10-12(17)8-11(3)4/h11-14,16-17H,6-10H2,1-5H3. The Hall–Kier alpha value is -0.120. The molecule has 0 saturated heterocycles. The van der Waals surface area contributed by atoms with Crippen LogP contribution in [0.15, 0.2) is 0 Å². The first-order valence-corrected chi connectivity index (χ1v) is 7.47. The van der Waals surface area contributed by atoms with E-state index in [0.29, 0.717) is 24.6 Å². The summed E-state index contributed by atoms with van der Waals surface area (Å²) < 4.78 is 5.78. The number of aliphatic hydroxyl groups excluding tert-OH is 1. The summed E-state index contributed by atoms with van der Waals surface area (Å²) in [5.74, 6) is 0.553. The van der Waals surface area contributed by atoms with Crippen molar-refractivity contribution in [1.29, 1.82) is 0 Å². The lowest BCUT2D eigenvalue weighted by atomic mass is 9.61. The van der Waals surface area contributed by atoms with Crippen molar-refractivity contribution in [3.63, 3.8) is 0 Å². The Morgan fingerprint density at radius 3 is 2.56 bits per heavy atom. The molecule has 0 aliphatic heterocycles. The molecule has 2 N–H and O–H groups in total. The minimum atomic E-state index is -0.225. The number of hydrogen-bond donors (Lipinski definition) is 2. The van der Waals surface area contributed by atoms with E-state index < -0.39 is 0 Å². The van der Waals surface area contributed by atoms with Gasteiger partial charge < -0.3 is 15.2 Å². The van der Waals surface area contributed by atoms with Gasteiger partial charge >= 0.3 is 0 Å². The lowest BCUT2D eigenvalue weighted by Crippen LogP contribution is -2.63. The third-order valence-electron chi connectivity index (χ3n) is 4.45. The number of rotatable bonds is 8. The Morgan fingerprint density at radius 2 is 2.06 bits per heavy atom. The smallest absolute Gasteiger partial charge is 0.0667 e. The maximum Gasteiger partial charge on any atom is 0.0667 e. The van der Waals surface area contributed by atoms with Crippen molar-refractivity contribution in [2.45, 2.75) is 72.1 Å². The van der Waals surface area contributed by atoms with E-state index in [-0.39, 0.29) is 11.5 Å². The van der Waals surface area contributed by atoms with Gasteiger partial charge in [0.05, 0.1) is 12.2 Å². The van der Waals surface area contributed by atoms with Crippen molar-refractivity contribution in [2.24, 2.45) is 11.3 Å². The van der Waals surface area contributed by atoms with E-state index in [1.807, 2.05) is 0 Å². The Labute approximate surface area is 112 Å². The summed E-state index contributed by atoms with van der Waals surface area (Å²) in [4.78, 5) is 0. The van der Waals surface area contributed by atoms with Crippen LogP contribution >= 0.6 is 0 Å². The molecule has 0 aromatic carbocycles. The summed E-state index contributed by atoms with van der Waals surface area (Å²) in [5.41, 5.74) is 0.230. The number of hydrogen-bond acceptors (Lipinski definition) is 3. The first-order valence-electron chi connectivity index (χ1n) is 7.47. The number of nitrogens with one attached hydrogen (secondary N) is 1. The molecule has 0 amide bonds. The average Bonchev–Trinajstić information content (AvgIpc) is 2.30. The fourth-order valence-corrected chi connectivity index (χ4v) is 2.97. The summed E-state index contributed by atoms with van der Waals surface area (Å²) >= 11 is 0. The van der Waals surface area contributed by atoms with Crippen LogP contribution in [0.3, 0.4) is 0 Å². The van der Waals surface area contributed by atoms with E-state index in [1.54, 1.807) is 0 Å². The van der Waals surface area contributed by atoms with E-state index in [9.17, 15) is 5.11 Å². The Kier molecular flexibility index (Phi) is 6.09. The van der Waals surface area contributed by atoms with Gasteiger partial charge in [-0.1, -0.05) is 27.7 Å². The highest BCUT2D eigenvalue weighted by Gasteiger charge is 2.50. The van der Waals surface area contributed by atoms with E-state index in [0.717, 1.165) is 25.9 Å². The molecule has 0 aromatic rings. The third kappa shape index (κ3) is 3.69. The molecule has 18 heavy (non-hydrogen) atoms. The Bertz CT molecular complexity index is 245. The van der Waals surface area contributed by atoms with Gasteiger partial charge in [0.15, 0.2) is 0 Å². The van der Waals surface area contributed by atoms with Crippen LogP contribution in [0.2, 0.25) is 0 Å². The van der Waals surface area contributed by atoms with Gasteiger partial charge in [-0.05, 0) is 32.1 Å². The molecule has 4 atom stereocenters. The summed E-state index contributed by atoms with van der Waals surface area (Å²) in [5, 5.41) is 13.4. The topological polar surface area (TPSA) is 41.5 Å². The molecule has 1 saturated carbocycles. The first kappa shape index (κ1) is 15.9. The number of ether oxygens (including phenoxy) is 1. The van der Waals surface area contributed by atoms with Crippen LogP contribution in [-0.2, 0) is 4.74 Å². The number of aliphatic hydroxyl groups is 1. The lowest BCUT2D eigenvalue weighted by molar-refractivity contribution is -0.127. The van der Waals surface area contributed by atoms with Crippen LogP contribution in [0.4, 0.5) is 0 Å². The second-order valence-corrected chi connectivity index (χ2v) is 6.28. The molecule has 3 heteroatoms. The van der Waals surface area contributed by atoms with Crippen LogP contribution in [0.25, 0.3) is 0 Å². The summed E-state index contributed by atoms with van der Waals surface area (Å²) in [6.07, 6.45) is 3.23. The molecular weight excluding hydrogens is 226 g/mol. The maximum absolute atomic E-state index is 9.91. The minimum Gasteiger partial charge on any atom is -0.392 e. The van der Waals surface area contributed by atoms with Crippen LogP contribution < -0.4 is 5.32 Å². The van der Waals surface area contributed by atoms with Gasteiger partial charge in [-0.2, -0.15) is 0 Å². The van der Waals surface area contributed by atoms with Gasteiger partial charge in [0.25, 0.3) is 0 Å². The fraction of sp³-hybridized carbons (Fsp3) is 1.00. The molecule has 1 fully saturated rings. The van der Waals surface area contributed by atoms with Crippen molar-refractivity contribution < 1.29 is 9.84 Å². The van der Waals surface area contributed by atoms with Gasteiger partial charge in [0, 0.05) is 24.6 Å². The zero-order valence-corrected chi connectivity index (χ0v) is 12.7. The highest BCUT2D eigenvalue weighted by atomic mass is 16.5. The van der Waals surface area contributed by atoms with E-state index in [1.165, 1.54) is 0 Å². The summed E-state index contributed by atoms with van der Waals surface area (Å²) in [6, 6.07) is 0.487. The largest absolute Gasteiger partial charge is 0.392 e. The molecule has 4 unspecified atom stereocenters. The van der Waals surface area contributed by atoms with Crippen LogP contribution in [0, 0.1) is 11.3 Å². The molecular formula is C15H31NO2. The monoisotopic (exact) mass is 257 g/mol. The van der Waals surface area contributed by atoms with Gasteiger partial charge in [-0.3, -0.25) is 0 Å². The second kappa shape index (κ2) is 6.88. The third-order valence-corrected chi connectivity index (χ3v) is 4.45. The van der Waals surface area contributed by atoms with E-state index in [2.05, 4.69) is 39.9 Å². The van der Waals surface area contributed by atoms with E-state index >= 15 is 0 Å². The summed E-state index contributed by atoms with van der Waals surface area (Å²) in [6.45, 7) is 12.4. The predicted molar refractivity (Wildman–Crippen MR) is 75.7 cm³/mol. The minimum absolute atomic E-state index is 0.225. The Morgan fingerprint density at radius 1 is 1.39 bits per heavy atom. The molecule has 1 aliphatic rings. The Balaban J connectivity index is 2.35. The lowest BCUT2D eigenvalue weighted by Gasteiger charge is -2.54. The zero-order valence-electron chi connectivity index (χ0n) is 12.7. The molecule has 0 bridgehead atoms. The zero-order chi connectivity index (χ0) is 13.8. The predicted octanol–water partition coefficient (Wildman–Crippen LogP) is 2.58. The molecule has 0 radical (unpaired) electrons. The van der Waals surface area contributed by atoms with Crippen molar-refractivity contribution in [3.8, 4) is 0 Å². The SMILES string of the molecule is CCOC1CC(NCC(O)CC(C)C)C1(C)CC. The van der Waals surface area contributed by atoms with Gasteiger partial charge in [-0.15, -0.1) is 0 Å². The molecule has 0 heterocycles. The highest BCUT2D eigenvalue weighted by Crippen LogP contribution is 2.45. The van der Waals surface area contributed by atoms with Gasteiger partial charge in [0.2, 0.25) is 0 Å². The highest BCUT2D eigenvalue weighted by molar-refractivity contribution is 5.04. The van der Waals surface area contributed by atoms with Crippen LogP contribution in [0.1, 0.15) is 53.9 Å². The van der Waals surface area contributed by atoms with Crippen LogP contribution in [-0.4, -0.2) is 36.5 Å². The van der Waals surface area contributed by atoms with Gasteiger partial charge in [-0.25, -0.2) is 0 Å². The van der Waals surface area contributed by atoms with Crippen molar-refractivity contribution in [2.75, 3.05) is 13.2 Å². The summed E-state index contributed by atoms with van der Waals surface area (Å²) in [7, 11) is 0. The van der Waals surface area contributed by atoms with Crippen molar-refractivity contribution in [3.05, 3.63) is 0 Å². The normalized spacial score (nSPS) is 33.5. The first-order chi connectivity index (χ1) is 8.43. The van der Waals surface area contributed by atoms with Crippen molar-refractivity contribution >= 4 is 0 Å². The molecule has 0 spiro atoms. The van der Waals surface area contributed by atoms with E-state index in [4.69, 9.17) is 4.74 Å². The van der Waals surface area contributed by atoms with Crippen molar-refractivity contribution in [1.82, 2.24) is 5.32 Å². The molecule has 0 aromatic heterocycles. The van der Waals surface area contributed by atoms with Crippen LogP contribution in [0.5, 0.6) is 0 Å². The molecule has 3 nitrogen and oxygen atoms in total. The van der Waals surface area contributed by atoms with Gasteiger partial charge in [0.1, 0.15) is 0 Å². The maximum atomic E-state index is 9.91. The molecule has 1 aliphatic carbocycles. The second-order valence-electron chi connectivity index (χ2n) is 6.28. The fourth-order valence-electron chi connectivity index (χ4n) is 2.97. The molecule has 108 valence electrons.